The summed E-state index contributed by atoms with van der Waals surface area (Å²) in [7, 11) is 0. The minimum Gasteiger partial charge on any atom is -0.508 e. The van der Waals surface area contributed by atoms with Crippen molar-refractivity contribution in [3.63, 3.8) is 0 Å². The highest BCUT2D eigenvalue weighted by molar-refractivity contribution is 5.57. The molecule has 0 aliphatic rings. The lowest BCUT2D eigenvalue weighted by molar-refractivity contribution is 0.406. The van der Waals surface area contributed by atoms with Gasteiger partial charge in [0.25, 0.3) is 0 Å². The fraction of sp³-hybridized carbons (Fsp3) is 0.769. The van der Waals surface area contributed by atoms with E-state index in [4.69, 9.17) is 0 Å². The SMILES string of the molecule is CCCCCCCCCCCCc1c(O)cc(C(C)(C)C)c(O)c1C(C)(C)C. The van der Waals surface area contributed by atoms with E-state index < -0.39 is 0 Å². The van der Waals surface area contributed by atoms with Crippen molar-refractivity contribution in [1.82, 2.24) is 0 Å². The number of phenolic OH excluding ortho intramolecular Hbond substituents is 2. The predicted octanol–water partition coefficient (Wildman–Crippen LogP) is 8.16. The van der Waals surface area contributed by atoms with Gasteiger partial charge in [-0.2, -0.15) is 0 Å². The molecule has 1 aromatic rings. The van der Waals surface area contributed by atoms with E-state index in [9.17, 15) is 10.2 Å². The van der Waals surface area contributed by atoms with Gasteiger partial charge in [-0.15, -0.1) is 0 Å². The molecule has 0 spiro atoms. The molecule has 0 saturated carbocycles. The Morgan fingerprint density at radius 1 is 0.679 bits per heavy atom. The van der Waals surface area contributed by atoms with Crippen molar-refractivity contribution < 1.29 is 10.2 Å². The van der Waals surface area contributed by atoms with E-state index in [1.165, 1.54) is 57.8 Å². The van der Waals surface area contributed by atoms with Crippen LogP contribution in [0.5, 0.6) is 11.5 Å². The summed E-state index contributed by atoms with van der Waals surface area (Å²) in [5.74, 6) is 0.725. The summed E-state index contributed by atoms with van der Waals surface area (Å²) >= 11 is 0. The molecule has 0 atom stereocenters. The smallest absolute Gasteiger partial charge is 0.123 e. The Balaban J connectivity index is 2.67. The quantitative estimate of drug-likeness (QED) is 0.295. The Morgan fingerprint density at radius 2 is 1.14 bits per heavy atom. The molecule has 0 unspecified atom stereocenters. The maximum atomic E-state index is 11.0. The van der Waals surface area contributed by atoms with E-state index in [0.717, 1.165) is 29.5 Å². The molecule has 0 aliphatic carbocycles. The third-order valence-electron chi connectivity index (χ3n) is 5.72. The van der Waals surface area contributed by atoms with Gasteiger partial charge in [0, 0.05) is 16.7 Å². The first-order valence-corrected chi connectivity index (χ1v) is 11.6. The Hall–Kier alpha value is -1.18. The Labute approximate surface area is 174 Å². The number of hydrogen-bond acceptors (Lipinski definition) is 2. The standard InChI is InChI=1S/C26H46O2/c1-8-9-10-11-12-13-14-15-16-17-18-20-22(27)19-21(25(2,3)4)24(28)23(20)26(5,6)7/h19,27-28H,8-18H2,1-7H3. The van der Waals surface area contributed by atoms with Crippen molar-refractivity contribution in [3.05, 3.63) is 22.8 Å². The first kappa shape index (κ1) is 24.9. The summed E-state index contributed by atoms with van der Waals surface area (Å²) in [4.78, 5) is 0. The second-order valence-electron chi connectivity index (χ2n) is 10.6. The topological polar surface area (TPSA) is 40.5 Å². The lowest BCUT2D eigenvalue weighted by Crippen LogP contribution is -2.19. The van der Waals surface area contributed by atoms with Crippen LogP contribution in [-0.4, -0.2) is 10.2 Å². The summed E-state index contributed by atoms with van der Waals surface area (Å²) in [5, 5.41) is 21.8. The monoisotopic (exact) mass is 390 g/mol. The minimum atomic E-state index is -0.198. The molecule has 2 N–H and O–H groups in total. The van der Waals surface area contributed by atoms with E-state index in [2.05, 4.69) is 48.5 Å². The molecule has 0 saturated heterocycles. The highest BCUT2D eigenvalue weighted by Gasteiger charge is 2.30. The average Bonchev–Trinajstić information content (AvgIpc) is 2.56. The van der Waals surface area contributed by atoms with Crippen LogP contribution in [0, 0.1) is 0 Å². The molecular weight excluding hydrogens is 344 g/mol. The number of aromatic hydroxyl groups is 2. The van der Waals surface area contributed by atoms with Crippen LogP contribution in [0.15, 0.2) is 6.07 Å². The molecule has 1 aromatic carbocycles. The van der Waals surface area contributed by atoms with Crippen molar-refractivity contribution >= 4 is 0 Å². The largest absolute Gasteiger partial charge is 0.508 e. The zero-order valence-corrected chi connectivity index (χ0v) is 19.7. The second-order valence-corrected chi connectivity index (χ2v) is 10.6. The van der Waals surface area contributed by atoms with Crippen LogP contribution < -0.4 is 0 Å². The van der Waals surface area contributed by atoms with Crippen molar-refractivity contribution in [2.75, 3.05) is 0 Å². The summed E-state index contributed by atoms with van der Waals surface area (Å²) < 4.78 is 0. The van der Waals surface area contributed by atoms with E-state index in [0.29, 0.717) is 11.5 Å². The van der Waals surface area contributed by atoms with Crippen molar-refractivity contribution in [2.45, 2.75) is 130 Å². The number of benzene rings is 1. The molecule has 0 fully saturated rings. The maximum absolute atomic E-state index is 11.0. The second kappa shape index (κ2) is 11.1. The normalized spacial score (nSPS) is 12.5. The molecule has 162 valence electrons. The summed E-state index contributed by atoms with van der Waals surface area (Å²) in [6, 6.07) is 1.79. The lowest BCUT2D eigenvalue weighted by atomic mass is 9.76. The van der Waals surface area contributed by atoms with Crippen LogP contribution in [0.2, 0.25) is 0 Å². The highest BCUT2D eigenvalue weighted by Crippen LogP contribution is 2.45. The van der Waals surface area contributed by atoms with Gasteiger partial charge in [0.2, 0.25) is 0 Å². The average molecular weight is 391 g/mol. The van der Waals surface area contributed by atoms with Crippen LogP contribution in [0.25, 0.3) is 0 Å². The van der Waals surface area contributed by atoms with Gasteiger partial charge in [-0.1, -0.05) is 106 Å². The molecule has 28 heavy (non-hydrogen) atoms. The third kappa shape index (κ3) is 7.68. The Morgan fingerprint density at radius 3 is 1.57 bits per heavy atom. The Bertz CT molecular complexity index is 588. The molecule has 0 aliphatic heterocycles. The van der Waals surface area contributed by atoms with Crippen LogP contribution >= 0.6 is 0 Å². The van der Waals surface area contributed by atoms with Crippen molar-refractivity contribution in [2.24, 2.45) is 0 Å². The van der Waals surface area contributed by atoms with Gasteiger partial charge in [0.15, 0.2) is 0 Å². The van der Waals surface area contributed by atoms with E-state index in [1.54, 1.807) is 6.07 Å². The first-order chi connectivity index (χ1) is 13.0. The zero-order chi connectivity index (χ0) is 21.4. The predicted molar refractivity (Wildman–Crippen MR) is 123 cm³/mol. The van der Waals surface area contributed by atoms with Gasteiger partial charge in [-0.25, -0.2) is 0 Å². The van der Waals surface area contributed by atoms with Gasteiger partial charge in [0.05, 0.1) is 0 Å². The van der Waals surface area contributed by atoms with Crippen LogP contribution in [0.4, 0.5) is 0 Å². The van der Waals surface area contributed by atoms with Crippen molar-refractivity contribution in [3.8, 4) is 11.5 Å². The highest BCUT2D eigenvalue weighted by atomic mass is 16.3. The molecule has 2 nitrogen and oxygen atoms in total. The maximum Gasteiger partial charge on any atom is 0.123 e. The van der Waals surface area contributed by atoms with E-state index in [-0.39, 0.29) is 10.8 Å². The Kier molecular flexibility index (Phi) is 9.87. The molecule has 0 aromatic heterocycles. The summed E-state index contributed by atoms with van der Waals surface area (Å²) in [6.07, 6.45) is 13.9. The van der Waals surface area contributed by atoms with E-state index in [1.807, 2.05) is 0 Å². The zero-order valence-electron chi connectivity index (χ0n) is 19.7. The molecule has 0 radical (unpaired) electrons. The molecular formula is C26H46O2. The molecule has 2 heteroatoms. The van der Waals surface area contributed by atoms with Gasteiger partial charge in [0.1, 0.15) is 11.5 Å². The number of rotatable bonds is 11. The van der Waals surface area contributed by atoms with E-state index >= 15 is 0 Å². The first-order valence-electron chi connectivity index (χ1n) is 11.6. The third-order valence-corrected chi connectivity index (χ3v) is 5.72. The fourth-order valence-electron chi connectivity index (χ4n) is 4.12. The number of phenols is 2. The van der Waals surface area contributed by atoms with Crippen molar-refractivity contribution in [1.29, 1.82) is 0 Å². The van der Waals surface area contributed by atoms with Gasteiger partial charge < -0.3 is 10.2 Å². The van der Waals surface area contributed by atoms with Crippen LogP contribution in [0.1, 0.15) is 129 Å². The fourth-order valence-corrected chi connectivity index (χ4v) is 4.12. The molecule has 1 rings (SSSR count). The van der Waals surface area contributed by atoms with Gasteiger partial charge >= 0.3 is 0 Å². The molecule has 0 heterocycles. The minimum absolute atomic E-state index is 0.197. The van der Waals surface area contributed by atoms with Crippen LogP contribution in [0.3, 0.4) is 0 Å². The summed E-state index contributed by atoms with van der Waals surface area (Å²) in [6.45, 7) is 14.9. The molecule has 0 bridgehead atoms. The van der Waals surface area contributed by atoms with Crippen LogP contribution in [-0.2, 0) is 17.3 Å². The number of hydrogen-bond donors (Lipinski definition) is 2. The van der Waals surface area contributed by atoms with Gasteiger partial charge in [-0.3, -0.25) is 0 Å². The summed E-state index contributed by atoms with van der Waals surface area (Å²) in [5.41, 5.74) is 2.31. The lowest BCUT2D eigenvalue weighted by Gasteiger charge is -2.30. The molecule has 0 amide bonds. The van der Waals surface area contributed by atoms with Gasteiger partial charge in [-0.05, 0) is 29.7 Å². The number of unbranched alkanes of at least 4 members (excludes halogenated alkanes) is 9.